The average molecular weight is 313 g/mol. The molecule has 5 atom stereocenters. The van der Waals surface area contributed by atoms with Crippen molar-refractivity contribution < 1.29 is 0 Å². The summed E-state index contributed by atoms with van der Waals surface area (Å²) < 4.78 is 0. The minimum Gasteiger partial charge on any atom is -0.0851 e. The number of aryl methyl sites for hydroxylation is 1. The van der Waals surface area contributed by atoms with E-state index in [4.69, 9.17) is 0 Å². The van der Waals surface area contributed by atoms with E-state index >= 15 is 0 Å². The molecular weight excluding hydrogens is 276 g/mol. The Balaban J connectivity index is 1.93. The second kappa shape index (κ2) is 8.71. The van der Waals surface area contributed by atoms with Gasteiger partial charge >= 0.3 is 0 Å². The van der Waals surface area contributed by atoms with Gasteiger partial charge in [0.15, 0.2) is 0 Å². The van der Waals surface area contributed by atoms with Gasteiger partial charge in [-0.3, -0.25) is 0 Å². The van der Waals surface area contributed by atoms with Crippen molar-refractivity contribution in [3.05, 3.63) is 47.5 Å². The molecule has 0 heterocycles. The first-order chi connectivity index (χ1) is 11.1. The van der Waals surface area contributed by atoms with Crippen molar-refractivity contribution in [1.29, 1.82) is 0 Å². The molecule has 2 rings (SSSR count). The van der Waals surface area contributed by atoms with Gasteiger partial charge in [0.1, 0.15) is 0 Å². The Hall–Kier alpha value is -1.04. The van der Waals surface area contributed by atoms with Crippen molar-refractivity contribution in [2.45, 2.75) is 66.7 Å². The third kappa shape index (κ3) is 4.72. The molecule has 1 aliphatic carbocycles. The highest BCUT2D eigenvalue weighted by atomic mass is 14.4. The van der Waals surface area contributed by atoms with Crippen molar-refractivity contribution in [3.8, 4) is 0 Å². The molecule has 0 aromatic heterocycles. The Morgan fingerprint density at radius 3 is 2.13 bits per heavy atom. The molecule has 0 radical (unpaired) electrons. The smallest absolute Gasteiger partial charge is 0.0231 e. The zero-order valence-electron chi connectivity index (χ0n) is 15.9. The van der Waals surface area contributed by atoms with Crippen LogP contribution in [0.2, 0.25) is 0 Å². The summed E-state index contributed by atoms with van der Waals surface area (Å²) in [5.74, 6) is 4.06. The summed E-state index contributed by atoms with van der Waals surface area (Å²) in [4.78, 5) is 0. The van der Waals surface area contributed by atoms with Crippen molar-refractivity contribution >= 4 is 0 Å². The van der Waals surface area contributed by atoms with Crippen LogP contribution in [0.15, 0.2) is 36.4 Å². The predicted molar refractivity (Wildman–Crippen MR) is 103 cm³/mol. The van der Waals surface area contributed by atoms with Gasteiger partial charge in [-0.25, -0.2) is 0 Å². The van der Waals surface area contributed by atoms with Gasteiger partial charge in [-0.2, -0.15) is 0 Å². The Kier molecular flexibility index (Phi) is 6.93. The molecule has 0 heteroatoms. The summed E-state index contributed by atoms with van der Waals surface area (Å²) in [7, 11) is 0. The largest absolute Gasteiger partial charge is 0.0851 e. The van der Waals surface area contributed by atoms with Crippen LogP contribution < -0.4 is 0 Å². The summed E-state index contributed by atoms with van der Waals surface area (Å²) >= 11 is 0. The van der Waals surface area contributed by atoms with Gasteiger partial charge < -0.3 is 0 Å². The average Bonchev–Trinajstić information content (AvgIpc) is 2.56. The van der Waals surface area contributed by atoms with Crippen molar-refractivity contribution in [3.63, 3.8) is 0 Å². The molecule has 23 heavy (non-hydrogen) atoms. The summed E-state index contributed by atoms with van der Waals surface area (Å²) in [6.45, 7) is 11.9. The summed E-state index contributed by atoms with van der Waals surface area (Å²) in [5.41, 5.74) is 3.10. The topological polar surface area (TPSA) is 0 Å². The Bertz CT molecular complexity index is 499. The van der Waals surface area contributed by atoms with E-state index in [1.165, 1.54) is 31.2 Å². The fourth-order valence-electron chi connectivity index (χ4n) is 4.62. The van der Waals surface area contributed by atoms with Gasteiger partial charge in [0, 0.05) is 0 Å². The van der Waals surface area contributed by atoms with E-state index in [1.54, 1.807) is 5.56 Å². The lowest BCUT2D eigenvalue weighted by molar-refractivity contribution is 0.180. The predicted octanol–water partition coefficient (Wildman–Crippen LogP) is 6.69. The van der Waals surface area contributed by atoms with E-state index in [9.17, 15) is 0 Å². The molecule has 0 fully saturated rings. The van der Waals surface area contributed by atoms with E-state index in [0.29, 0.717) is 0 Å². The molecule has 0 aliphatic heterocycles. The second-order valence-corrected chi connectivity index (χ2v) is 7.85. The van der Waals surface area contributed by atoms with Crippen LogP contribution in [0.1, 0.15) is 65.0 Å². The fraction of sp³-hybridized carbons (Fsp3) is 0.652. The van der Waals surface area contributed by atoms with Crippen LogP contribution in [0.4, 0.5) is 0 Å². The van der Waals surface area contributed by atoms with Crippen LogP contribution in [0.5, 0.6) is 0 Å². The Labute approximate surface area is 144 Å². The van der Waals surface area contributed by atoms with Crippen LogP contribution >= 0.6 is 0 Å². The van der Waals surface area contributed by atoms with Crippen LogP contribution in [0, 0.1) is 29.6 Å². The highest BCUT2D eigenvalue weighted by molar-refractivity contribution is 5.27. The fourth-order valence-corrected chi connectivity index (χ4v) is 4.62. The van der Waals surface area contributed by atoms with Gasteiger partial charge in [0.25, 0.3) is 0 Å². The summed E-state index contributed by atoms with van der Waals surface area (Å²) in [6.07, 6.45) is 11.4. The molecular formula is C23H36. The molecule has 0 amide bonds. The number of hydrogen-bond donors (Lipinski definition) is 0. The maximum Gasteiger partial charge on any atom is -0.0231 e. The van der Waals surface area contributed by atoms with Crippen molar-refractivity contribution in [2.24, 2.45) is 29.6 Å². The third-order valence-corrected chi connectivity index (χ3v) is 6.15. The molecule has 0 N–H and O–H groups in total. The van der Waals surface area contributed by atoms with Gasteiger partial charge in [0.2, 0.25) is 0 Å². The van der Waals surface area contributed by atoms with Gasteiger partial charge in [0.05, 0.1) is 0 Å². The van der Waals surface area contributed by atoms with E-state index in [1.807, 2.05) is 0 Å². The quantitative estimate of drug-likeness (QED) is 0.492. The maximum atomic E-state index is 2.47. The van der Waals surface area contributed by atoms with E-state index < -0.39 is 0 Å². The Morgan fingerprint density at radius 1 is 0.913 bits per heavy atom. The molecule has 0 saturated carbocycles. The molecule has 1 aliphatic rings. The van der Waals surface area contributed by atoms with E-state index in [-0.39, 0.29) is 0 Å². The van der Waals surface area contributed by atoms with Crippen LogP contribution in [-0.4, -0.2) is 0 Å². The zero-order chi connectivity index (χ0) is 16.8. The molecule has 0 bridgehead atoms. The maximum absolute atomic E-state index is 2.47. The highest BCUT2D eigenvalue weighted by Gasteiger charge is 2.30. The number of hydrogen-bond acceptors (Lipinski definition) is 0. The van der Waals surface area contributed by atoms with Crippen LogP contribution in [0.25, 0.3) is 0 Å². The molecule has 0 nitrogen and oxygen atoms in total. The normalized spacial score (nSPS) is 28.7. The van der Waals surface area contributed by atoms with Crippen molar-refractivity contribution in [2.75, 3.05) is 0 Å². The lowest BCUT2D eigenvalue weighted by atomic mass is 9.68. The molecule has 1 aromatic carbocycles. The number of rotatable bonds is 7. The Morgan fingerprint density at radius 2 is 1.52 bits per heavy atom. The first-order valence-corrected chi connectivity index (χ1v) is 9.81. The first kappa shape index (κ1) is 18.3. The monoisotopic (exact) mass is 312 g/mol. The summed E-state index contributed by atoms with van der Waals surface area (Å²) in [6, 6.07) is 9.00. The highest BCUT2D eigenvalue weighted by Crippen LogP contribution is 2.39. The number of allylic oxidation sites excluding steroid dienone is 2. The lowest BCUT2D eigenvalue weighted by Gasteiger charge is -2.37. The SMILES string of the molecule is CCc1ccccc1CC(C)CCC1C(C)C=CC(C)C1CC. The van der Waals surface area contributed by atoms with Gasteiger partial charge in [-0.05, 0) is 60.0 Å². The molecule has 1 aromatic rings. The molecule has 0 saturated heterocycles. The number of benzene rings is 1. The van der Waals surface area contributed by atoms with Crippen molar-refractivity contribution in [1.82, 2.24) is 0 Å². The van der Waals surface area contributed by atoms with Crippen LogP contribution in [0.3, 0.4) is 0 Å². The molecule has 128 valence electrons. The molecule has 5 unspecified atom stereocenters. The molecule has 0 spiro atoms. The minimum absolute atomic E-state index is 0.756. The van der Waals surface area contributed by atoms with Crippen LogP contribution in [-0.2, 0) is 12.8 Å². The lowest BCUT2D eigenvalue weighted by Crippen LogP contribution is -2.29. The zero-order valence-corrected chi connectivity index (χ0v) is 15.9. The first-order valence-electron chi connectivity index (χ1n) is 9.81. The third-order valence-electron chi connectivity index (χ3n) is 6.15. The second-order valence-electron chi connectivity index (χ2n) is 7.85. The van der Waals surface area contributed by atoms with E-state index in [0.717, 1.165) is 36.0 Å². The van der Waals surface area contributed by atoms with Gasteiger partial charge in [-0.15, -0.1) is 0 Å². The van der Waals surface area contributed by atoms with Gasteiger partial charge in [-0.1, -0.05) is 83.9 Å². The minimum atomic E-state index is 0.756. The summed E-state index contributed by atoms with van der Waals surface area (Å²) in [5, 5.41) is 0. The van der Waals surface area contributed by atoms with E-state index in [2.05, 4.69) is 71.0 Å². The standard InChI is InChI=1S/C23H36/c1-6-20-10-8-9-11-21(20)16-17(3)12-15-23-19(5)14-13-18(4)22(23)7-2/h8-11,13-14,17-19,22-23H,6-7,12,15-16H2,1-5H3.